The van der Waals surface area contributed by atoms with E-state index in [9.17, 15) is 19.7 Å². The number of benzene rings is 1. The molecule has 8 heteroatoms. The Labute approximate surface area is 131 Å². The van der Waals surface area contributed by atoms with Crippen molar-refractivity contribution in [1.29, 1.82) is 0 Å². The Kier molecular flexibility index (Phi) is 4.98. The first-order valence-electron chi connectivity index (χ1n) is 6.59. The fourth-order valence-electron chi connectivity index (χ4n) is 1.78. The summed E-state index contributed by atoms with van der Waals surface area (Å²) in [5.41, 5.74) is 0.197. The zero-order valence-corrected chi connectivity index (χ0v) is 12.2. The molecule has 2 rings (SSSR count). The first-order chi connectivity index (χ1) is 11.0. The molecule has 0 saturated carbocycles. The number of nitro groups is 1. The highest BCUT2D eigenvalue weighted by molar-refractivity contribution is 5.95. The smallest absolute Gasteiger partial charge is 0.310 e. The van der Waals surface area contributed by atoms with Crippen LogP contribution in [-0.4, -0.2) is 28.2 Å². The molecule has 0 atom stereocenters. The van der Waals surface area contributed by atoms with Gasteiger partial charge in [0.05, 0.1) is 4.92 Å². The molecule has 1 amide bonds. The lowest BCUT2D eigenvalue weighted by molar-refractivity contribution is -0.384. The van der Waals surface area contributed by atoms with Crippen molar-refractivity contribution >= 4 is 23.1 Å². The topological polar surface area (TPSA) is 111 Å². The molecule has 0 saturated heterocycles. The van der Waals surface area contributed by atoms with E-state index >= 15 is 0 Å². The minimum Gasteiger partial charge on any atom is -0.484 e. The van der Waals surface area contributed by atoms with Gasteiger partial charge in [-0.2, -0.15) is 0 Å². The molecule has 23 heavy (non-hydrogen) atoms. The molecule has 118 valence electrons. The number of anilines is 1. The molecule has 1 aromatic carbocycles. The van der Waals surface area contributed by atoms with Crippen molar-refractivity contribution in [1.82, 2.24) is 4.98 Å². The molecule has 0 spiro atoms. The third-order valence-electron chi connectivity index (χ3n) is 2.88. The summed E-state index contributed by atoms with van der Waals surface area (Å²) in [5, 5.41) is 13.2. The molecule has 0 aliphatic rings. The van der Waals surface area contributed by atoms with Crippen LogP contribution in [0.3, 0.4) is 0 Å². The fourth-order valence-corrected chi connectivity index (χ4v) is 1.78. The van der Waals surface area contributed by atoms with E-state index in [1.807, 2.05) is 0 Å². The van der Waals surface area contributed by atoms with Gasteiger partial charge in [-0.25, -0.2) is 0 Å². The predicted octanol–water partition coefficient (Wildman–Crippen LogP) is 2.21. The molecule has 0 fully saturated rings. The number of amides is 1. The van der Waals surface area contributed by atoms with Gasteiger partial charge in [0.1, 0.15) is 17.6 Å². The van der Waals surface area contributed by atoms with E-state index in [0.29, 0.717) is 11.3 Å². The van der Waals surface area contributed by atoms with Gasteiger partial charge in [0, 0.05) is 11.8 Å². The van der Waals surface area contributed by atoms with Gasteiger partial charge in [-0.1, -0.05) is 12.1 Å². The number of aromatic nitrogens is 1. The quantitative estimate of drug-likeness (QED) is 0.497. The molecule has 0 aliphatic carbocycles. The van der Waals surface area contributed by atoms with Gasteiger partial charge in [-0.05, 0) is 25.1 Å². The van der Waals surface area contributed by atoms with Crippen LogP contribution in [-0.2, 0) is 4.79 Å². The summed E-state index contributed by atoms with van der Waals surface area (Å²) in [4.78, 5) is 36.9. The number of pyridine rings is 1. The molecule has 0 radical (unpaired) electrons. The molecule has 1 heterocycles. The van der Waals surface area contributed by atoms with E-state index < -0.39 is 10.8 Å². The maximum atomic E-state index is 11.8. The third kappa shape index (κ3) is 4.34. The number of hydrogen-bond acceptors (Lipinski definition) is 6. The fraction of sp³-hybridized carbons (Fsp3) is 0.133. The third-order valence-corrected chi connectivity index (χ3v) is 2.88. The largest absolute Gasteiger partial charge is 0.484 e. The normalized spacial score (nSPS) is 9.96. The van der Waals surface area contributed by atoms with Crippen molar-refractivity contribution in [2.75, 3.05) is 11.9 Å². The maximum absolute atomic E-state index is 11.8. The Morgan fingerprint density at radius 1 is 1.35 bits per heavy atom. The number of ether oxygens (including phenoxy) is 1. The highest BCUT2D eigenvalue weighted by atomic mass is 16.6. The number of carbonyl (C=O) groups excluding carboxylic acids is 2. The first kappa shape index (κ1) is 16.1. The van der Waals surface area contributed by atoms with Gasteiger partial charge >= 0.3 is 5.69 Å². The highest BCUT2D eigenvalue weighted by Crippen LogP contribution is 2.21. The highest BCUT2D eigenvalue weighted by Gasteiger charge is 2.15. The lowest BCUT2D eigenvalue weighted by atomic mass is 10.1. The first-order valence-corrected chi connectivity index (χ1v) is 6.59. The van der Waals surface area contributed by atoms with Crippen LogP contribution in [0.2, 0.25) is 0 Å². The summed E-state index contributed by atoms with van der Waals surface area (Å²) in [5.74, 6) is -0.322. The van der Waals surface area contributed by atoms with Crippen LogP contribution in [0.1, 0.15) is 17.3 Å². The van der Waals surface area contributed by atoms with Gasteiger partial charge in [0.2, 0.25) is 0 Å². The Hall–Kier alpha value is -3.29. The minimum absolute atomic E-state index is 0.0380. The van der Waals surface area contributed by atoms with Gasteiger partial charge in [0.25, 0.3) is 5.91 Å². The van der Waals surface area contributed by atoms with Gasteiger partial charge < -0.3 is 10.1 Å². The van der Waals surface area contributed by atoms with Crippen LogP contribution in [0.25, 0.3) is 0 Å². The number of carbonyl (C=O) groups is 2. The summed E-state index contributed by atoms with van der Waals surface area (Å²) < 4.78 is 5.28. The van der Waals surface area contributed by atoms with Crippen molar-refractivity contribution in [2.45, 2.75) is 6.92 Å². The molecule has 0 bridgehead atoms. The van der Waals surface area contributed by atoms with Crippen LogP contribution in [0.5, 0.6) is 5.75 Å². The lowest BCUT2D eigenvalue weighted by Crippen LogP contribution is -2.20. The molecule has 0 aliphatic heterocycles. The van der Waals surface area contributed by atoms with Crippen LogP contribution in [0.15, 0.2) is 42.7 Å². The average molecular weight is 315 g/mol. The second-order valence-corrected chi connectivity index (χ2v) is 4.57. The molecular formula is C15H13N3O5. The number of rotatable bonds is 6. The van der Waals surface area contributed by atoms with Crippen LogP contribution < -0.4 is 10.1 Å². The Morgan fingerprint density at radius 2 is 2.13 bits per heavy atom. The van der Waals surface area contributed by atoms with E-state index in [2.05, 4.69) is 10.3 Å². The van der Waals surface area contributed by atoms with E-state index in [1.165, 1.54) is 25.3 Å². The summed E-state index contributed by atoms with van der Waals surface area (Å²) in [6.45, 7) is 1.08. The van der Waals surface area contributed by atoms with Crippen LogP contribution in [0.4, 0.5) is 11.4 Å². The SMILES string of the molecule is CC(=O)c1cccc(OCC(=O)Nc2ccncc2[N+](=O)[O-])c1. The lowest BCUT2D eigenvalue weighted by Gasteiger charge is -2.08. The molecule has 1 N–H and O–H groups in total. The van der Waals surface area contributed by atoms with Crippen molar-refractivity contribution in [3.05, 3.63) is 58.4 Å². The maximum Gasteiger partial charge on any atom is 0.310 e. The average Bonchev–Trinajstić information content (AvgIpc) is 2.53. The molecule has 0 unspecified atom stereocenters. The molecule has 8 nitrogen and oxygen atoms in total. The monoisotopic (exact) mass is 315 g/mol. The van der Waals surface area contributed by atoms with E-state index in [4.69, 9.17) is 4.74 Å². The zero-order valence-electron chi connectivity index (χ0n) is 12.2. The Bertz CT molecular complexity index is 760. The van der Waals surface area contributed by atoms with Crippen molar-refractivity contribution in [3.8, 4) is 5.75 Å². The van der Waals surface area contributed by atoms with Crippen LogP contribution in [0, 0.1) is 10.1 Å². The standard InChI is InChI=1S/C15H13N3O5/c1-10(19)11-3-2-4-12(7-11)23-9-15(20)17-13-5-6-16-8-14(13)18(21)22/h2-8H,9H2,1H3,(H,16,17,20). The Balaban J connectivity index is 2.00. The number of ketones is 1. The van der Waals surface area contributed by atoms with E-state index in [1.54, 1.807) is 18.2 Å². The molecular weight excluding hydrogens is 302 g/mol. The van der Waals surface area contributed by atoms with E-state index in [0.717, 1.165) is 6.20 Å². The van der Waals surface area contributed by atoms with Crippen molar-refractivity contribution in [2.24, 2.45) is 0 Å². The zero-order chi connectivity index (χ0) is 16.8. The number of nitrogens with one attached hydrogen (secondary N) is 1. The summed E-state index contributed by atoms with van der Waals surface area (Å²) >= 11 is 0. The van der Waals surface area contributed by atoms with Crippen molar-refractivity contribution in [3.63, 3.8) is 0 Å². The second kappa shape index (κ2) is 7.12. The number of nitrogens with zero attached hydrogens (tertiary/aromatic N) is 2. The van der Waals surface area contributed by atoms with Gasteiger partial charge in [-0.3, -0.25) is 24.7 Å². The van der Waals surface area contributed by atoms with Crippen molar-refractivity contribution < 1.29 is 19.2 Å². The van der Waals surface area contributed by atoms with Crippen LogP contribution >= 0.6 is 0 Å². The van der Waals surface area contributed by atoms with Gasteiger partial charge in [-0.15, -0.1) is 0 Å². The number of Topliss-reactive ketones (excluding diaryl/α,β-unsaturated/α-hetero) is 1. The molecule has 2 aromatic rings. The Morgan fingerprint density at radius 3 is 2.83 bits per heavy atom. The minimum atomic E-state index is -0.639. The summed E-state index contributed by atoms with van der Waals surface area (Å²) in [7, 11) is 0. The predicted molar refractivity (Wildman–Crippen MR) is 81.5 cm³/mol. The second-order valence-electron chi connectivity index (χ2n) is 4.57. The van der Waals surface area contributed by atoms with Gasteiger partial charge in [0.15, 0.2) is 12.4 Å². The van der Waals surface area contributed by atoms with E-state index in [-0.39, 0.29) is 23.8 Å². The molecule has 1 aromatic heterocycles. The number of hydrogen-bond donors (Lipinski definition) is 1. The summed E-state index contributed by atoms with van der Waals surface area (Å²) in [6.07, 6.45) is 2.38. The summed E-state index contributed by atoms with van der Waals surface area (Å²) in [6, 6.07) is 7.72.